The fourth-order valence-corrected chi connectivity index (χ4v) is 7.27. The molecule has 1 atom stereocenters. The van der Waals surface area contributed by atoms with Crippen LogP contribution in [0.1, 0.15) is 10.1 Å². The minimum absolute atomic E-state index is 0.0624. The summed E-state index contributed by atoms with van der Waals surface area (Å²) < 4.78 is 66.3. The Kier molecular flexibility index (Phi) is 5.58. The van der Waals surface area contributed by atoms with Crippen molar-refractivity contribution in [3.63, 3.8) is 0 Å². The average molecular weight is 432 g/mol. The first-order valence-corrected chi connectivity index (χ1v) is 12.2. The van der Waals surface area contributed by atoms with E-state index < -0.39 is 30.9 Å². The van der Waals surface area contributed by atoms with Crippen LogP contribution in [0.25, 0.3) is 0 Å². The average Bonchev–Trinajstić information content (AvgIpc) is 3.29. The maximum atomic E-state index is 13.1. The van der Waals surface area contributed by atoms with Crippen molar-refractivity contribution < 1.29 is 21.2 Å². The van der Waals surface area contributed by atoms with Gasteiger partial charge in [-0.3, -0.25) is 0 Å². The quantitative estimate of drug-likeness (QED) is 0.581. The molecular formula is C16H14FNO4S4. The second-order valence-electron chi connectivity index (χ2n) is 5.29. The zero-order chi connectivity index (χ0) is 18.8. The van der Waals surface area contributed by atoms with Crippen molar-refractivity contribution in [2.45, 2.75) is 14.4 Å². The first kappa shape index (κ1) is 19.2. The molecule has 0 spiro atoms. The number of sulfonamides is 1. The SMILES string of the molecule is O=S(=O)(NCC(c1cccs1)S(=O)(=O)c1ccc(F)cc1)c1cccs1. The molecule has 26 heavy (non-hydrogen) atoms. The number of hydrogen-bond donors (Lipinski definition) is 1. The highest BCUT2D eigenvalue weighted by molar-refractivity contribution is 7.92. The summed E-state index contributed by atoms with van der Waals surface area (Å²) in [5, 5.41) is 2.24. The Morgan fingerprint density at radius 2 is 1.58 bits per heavy atom. The molecule has 0 bridgehead atoms. The molecule has 0 amide bonds. The van der Waals surface area contributed by atoms with Crippen LogP contribution in [0.4, 0.5) is 4.39 Å². The van der Waals surface area contributed by atoms with Crippen LogP contribution in [-0.2, 0) is 19.9 Å². The molecule has 0 radical (unpaired) electrons. The molecule has 138 valence electrons. The van der Waals surface area contributed by atoms with E-state index in [1.807, 2.05) is 0 Å². The minimum Gasteiger partial charge on any atom is -0.223 e. The summed E-state index contributed by atoms with van der Waals surface area (Å²) in [6, 6.07) is 10.9. The molecule has 3 rings (SSSR count). The third-order valence-electron chi connectivity index (χ3n) is 3.60. The molecule has 1 unspecified atom stereocenters. The molecule has 1 aromatic carbocycles. The van der Waals surface area contributed by atoms with Gasteiger partial charge in [0.25, 0.3) is 0 Å². The molecule has 0 saturated heterocycles. The Hall–Kier alpha value is -1.59. The first-order chi connectivity index (χ1) is 12.3. The summed E-state index contributed by atoms with van der Waals surface area (Å²) in [4.78, 5) is 0.441. The van der Waals surface area contributed by atoms with E-state index >= 15 is 0 Å². The van der Waals surface area contributed by atoms with E-state index in [1.54, 1.807) is 29.0 Å². The van der Waals surface area contributed by atoms with Crippen molar-refractivity contribution in [2.24, 2.45) is 0 Å². The van der Waals surface area contributed by atoms with Crippen LogP contribution in [0, 0.1) is 5.82 Å². The molecule has 5 nitrogen and oxygen atoms in total. The lowest BCUT2D eigenvalue weighted by Gasteiger charge is -2.17. The van der Waals surface area contributed by atoms with Crippen LogP contribution in [0.5, 0.6) is 0 Å². The van der Waals surface area contributed by atoms with Crippen molar-refractivity contribution in [3.8, 4) is 0 Å². The highest BCUT2D eigenvalue weighted by Gasteiger charge is 2.31. The second-order valence-corrected chi connectivity index (χ2v) is 11.3. The number of thiophene rings is 2. The van der Waals surface area contributed by atoms with E-state index in [4.69, 9.17) is 0 Å². The van der Waals surface area contributed by atoms with E-state index in [1.165, 1.54) is 29.5 Å². The molecular weight excluding hydrogens is 417 g/mol. The Labute approximate surface area is 159 Å². The number of sulfone groups is 1. The Balaban J connectivity index is 1.93. The van der Waals surface area contributed by atoms with Crippen molar-refractivity contribution in [3.05, 3.63) is 70.0 Å². The predicted octanol–water partition coefficient (Wildman–Crippen LogP) is 3.44. The lowest BCUT2D eigenvalue weighted by Crippen LogP contribution is -2.31. The summed E-state index contributed by atoms with van der Waals surface area (Å²) >= 11 is 2.26. The summed E-state index contributed by atoms with van der Waals surface area (Å²) in [5.74, 6) is -0.546. The molecule has 0 aliphatic rings. The summed E-state index contributed by atoms with van der Waals surface area (Å²) in [7, 11) is -7.72. The van der Waals surface area contributed by atoms with Crippen LogP contribution in [0.2, 0.25) is 0 Å². The van der Waals surface area contributed by atoms with Gasteiger partial charge < -0.3 is 0 Å². The third-order valence-corrected chi connectivity index (χ3v) is 9.65. The first-order valence-electron chi connectivity index (χ1n) is 7.37. The van der Waals surface area contributed by atoms with Crippen LogP contribution in [0.15, 0.2) is 68.4 Å². The topological polar surface area (TPSA) is 80.3 Å². The van der Waals surface area contributed by atoms with Crippen molar-refractivity contribution >= 4 is 42.5 Å². The predicted molar refractivity (Wildman–Crippen MR) is 100 cm³/mol. The monoisotopic (exact) mass is 431 g/mol. The maximum Gasteiger partial charge on any atom is 0.250 e. The van der Waals surface area contributed by atoms with Gasteiger partial charge in [0.05, 0.1) is 4.90 Å². The molecule has 3 aromatic rings. The fourth-order valence-electron chi connectivity index (χ4n) is 2.30. The van der Waals surface area contributed by atoms with Crippen LogP contribution >= 0.6 is 22.7 Å². The van der Waals surface area contributed by atoms with Gasteiger partial charge in [-0.1, -0.05) is 12.1 Å². The number of nitrogens with one attached hydrogen (secondary N) is 1. The van der Waals surface area contributed by atoms with Crippen molar-refractivity contribution in [2.75, 3.05) is 6.54 Å². The molecule has 0 aliphatic heterocycles. The highest BCUT2D eigenvalue weighted by Crippen LogP contribution is 2.32. The van der Waals surface area contributed by atoms with Gasteiger partial charge in [0.15, 0.2) is 9.84 Å². The summed E-state index contributed by atoms with van der Waals surface area (Å²) in [6.07, 6.45) is 0. The van der Waals surface area contributed by atoms with Gasteiger partial charge in [-0.05, 0) is 47.2 Å². The van der Waals surface area contributed by atoms with Gasteiger partial charge >= 0.3 is 0 Å². The zero-order valence-electron chi connectivity index (χ0n) is 13.2. The van der Waals surface area contributed by atoms with Crippen molar-refractivity contribution in [1.82, 2.24) is 4.72 Å². The van der Waals surface area contributed by atoms with Gasteiger partial charge in [-0.15, -0.1) is 22.7 Å². The second kappa shape index (κ2) is 7.57. The van der Waals surface area contributed by atoms with E-state index in [0.717, 1.165) is 23.5 Å². The smallest absolute Gasteiger partial charge is 0.223 e. The Bertz CT molecular complexity index is 1060. The highest BCUT2D eigenvalue weighted by atomic mass is 32.2. The molecule has 1 N–H and O–H groups in total. The summed E-state index contributed by atoms with van der Waals surface area (Å²) in [6.45, 7) is -0.319. The molecule has 0 saturated carbocycles. The summed E-state index contributed by atoms with van der Waals surface area (Å²) in [5.41, 5.74) is 0. The molecule has 10 heteroatoms. The lowest BCUT2D eigenvalue weighted by atomic mass is 10.3. The fraction of sp³-hybridized carbons (Fsp3) is 0.125. The van der Waals surface area contributed by atoms with Crippen LogP contribution in [0.3, 0.4) is 0 Å². The number of hydrogen-bond acceptors (Lipinski definition) is 6. The molecule has 0 aliphatic carbocycles. The molecule has 0 fully saturated rings. The largest absolute Gasteiger partial charge is 0.250 e. The van der Waals surface area contributed by atoms with Gasteiger partial charge in [0.1, 0.15) is 15.3 Å². The number of halogens is 1. The number of benzene rings is 1. The standard InChI is InChI=1S/C16H14FNO4S4/c17-12-5-7-13(8-6-12)25(19,20)15(14-3-1-9-23-14)11-18-26(21,22)16-4-2-10-24-16/h1-10,15,18H,11H2. The zero-order valence-corrected chi connectivity index (χ0v) is 16.5. The third kappa shape index (κ3) is 4.04. The van der Waals surface area contributed by atoms with E-state index in [9.17, 15) is 21.2 Å². The Morgan fingerprint density at radius 3 is 2.15 bits per heavy atom. The van der Waals surface area contributed by atoms with E-state index in [-0.39, 0.29) is 15.6 Å². The van der Waals surface area contributed by atoms with Gasteiger partial charge in [-0.25, -0.2) is 25.9 Å². The lowest BCUT2D eigenvalue weighted by molar-refractivity contribution is 0.570. The molecule has 2 heterocycles. The normalized spacial score (nSPS) is 13.6. The van der Waals surface area contributed by atoms with Crippen LogP contribution < -0.4 is 4.72 Å². The molecule has 2 aromatic heterocycles. The Morgan fingerprint density at radius 1 is 0.923 bits per heavy atom. The van der Waals surface area contributed by atoms with Gasteiger partial charge in [0.2, 0.25) is 10.0 Å². The van der Waals surface area contributed by atoms with E-state index in [0.29, 0.717) is 4.88 Å². The van der Waals surface area contributed by atoms with Gasteiger partial charge in [-0.2, -0.15) is 0 Å². The van der Waals surface area contributed by atoms with Gasteiger partial charge in [0, 0.05) is 11.4 Å². The number of rotatable bonds is 7. The van der Waals surface area contributed by atoms with Crippen LogP contribution in [-0.4, -0.2) is 23.4 Å². The van der Waals surface area contributed by atoms with E-state index in [2.05, 4.69) is 4.72 Å². The maximum absolute atomic E-state index is 13.1. The van der Waals surface area contributed by atoms with Crippen molar-refractivity contribution in [1.29, 1.82) is 0 Å². The minimum atomic E-state index is -3.91.